The van der Waals surface area contributed by atoms with Gasteiger partial charge >= 0.3 is 12.9 Å². The number of rotatable bonds is 3. The highest BCUT2D eigenvalue weighted by Crippen LogP contribution is 2.32. The number of nitrogens with one attached hydrogen (secondary N) is 1. The predicted octanol–water partition coefficient (Wildman–Crippen LogP) is 1.77. The van der Waals surface area contributed by atoms with Crippen molar-refractivity contribution in [2.24, 2.45) is 0 Å². The highest BCUT2D eigenvalue weighted by atomic mass is 19.4. The maximum Gasteiger partial charge on any atom is 0.510 e. The van der Waals surface area contributed by atoms with Crippen LogP contribution in [0.4, 0.5) is 18.6 Å². The Morgan fingerprint density at radius 1 is 1.09 bits per heavy atom. The van der Waals surface area contributed by atoms with Crippen LogP contribution in [0.2, 0.25) is 0 Å². The van der Waals surface area contributed by atoms with Gasteiger partial charge in [-0.15, -0.1) is 0 Å². The van der Waals surface area contributed by atoms with Gasteiger partial charge in [0.25, 0.3) is 0 Å². The van der Waals surface area contributed by atoms with Crippen molar-refractivity contribution in [1.82, 2.24) is 5.32 Å². The normalized spacial score (nSPS) is 16.0. The second kappa shape index (κ2) is 5.83. The molecule has 0 amide bonds. The van der Waals surface area contributed by atoms with Gasteiger partial charge in [-0.1, -0.05) is 16.6 Å². The minimum Gasteiger partial charge on any atom is -0.478 e. The van der Waals surface area contributed by atoms with Crippen LogP contribution in [0.25, 0.3) is 0 Å². The number of anilines is 1. The smallest absolute Gasteiger partial charge is 0.478 e. The van der Waals surface area contributed by atoms with Gasteiger partial charge in [-0.2, -0.15) is 0 Å². The third-order valence-electron chi connectivity index (χ3n) is 4.24. The summed E-state index contributed by atoms with van der Waals surface area (Å²) in [6, 6.07) is 0. The Labute approximate surface area is 127 Å². The second-order valence-electron chi connectivity index (χ2n) is 5.63. The molecular formula is C14H19BF3N2O2-. The second-order valence-corrected chi connectivity index (χ2v) is 5.63. The van der Waals surface area contributed by atoms with Gasteiger partial charge in [0, 0.05) is 31.9 Å². The van der Waals surface area contributed by atoms with Crippen molar-refractivity contribution < 1.29 is 22.8 Å². The van der Waals surface area contributed by atoms with Crippen LogP contribution in [0.1, 0.15) is 27.0 Å². The van der Waals surface area contributed by atoms with Gasteiger partial charge in [0.2, 0.25) is 0 Å². The fraction of sp³-hybridized carbons (Fsp3) is 0.500. The van der Waals surface area contributed by atoms with E-state index in [1.54, 1.807) is 6.92 Å². The van der Waals surface area contributed by atoms with E-state index in [1.807, 2.05) is 4.90 Å². The van der Waals surface area contributed by atoms with Gasteiger partial charge in [0.1, 0.15) is 0 Å². The van der Waals surface area contributed by atoms with Crippen molar-refractivity contribution in [2.45, 2.75) is 20.8 Å². The van der Waals surface area contributed by atoms with Crippen LogP contribution in [-0.4, -0.2) is 44.2 Å². The van der Waals surface area contributed by atoms with E-state index in [0.29, 0.717) is 37.4 Å². The molecule has 1 aromatic rings. The van der Waals surface area contributed by atoms with Crippen molar-refractivity contribution >= 4 is 24.1 Å². The molecule has 1 heterocycles. The third kappa shape index (κ3) is 2.79. The van der Waals surface area contributed by atoms with E-state index in [9.17, 15) is 22.8 Å². The number of hydrogen-bond donors (Lipinski definition) is 2. The monoisotopic (exact) mass is 315 g/mol. The van der Waals surface area contributed by atoms with Crippen LogP contribution in [0, 0.1) is 20.8 Å². The van der Waals surface area contributed by atoms with Crippen molar-refractivity contribution in [3.63, 3.8) is 0 Å². The van der Waals surface area contributed by atoms with Crippen molar-refractivity contribution in [3.8, 4) is 0 Å². The molecule has 0 unspecified atom stereocenters. The van der Waals surface area contributed by atoms with Gasteiger partial charge in [-0.05, 0) is 26.3 Å². The maximum absolute atomic E-state index is 13.5. The van der Waals surface area contributed by atoms with Crippen LogP contribution in [0.15, 0.2) is 0 Å². The first-order valence-corrected chi connectivity index (χ1v) is 7.18. The zero-order valence-corrected chi connectivity index (χ0v) is 12.8. The van der Waals surface area contributed by atoms with Crippen LogP contribution >= 0.6 is 0 Å². The fourth-order valence-electron chi connectivity index (χ4n) is 3.40. The minimum atomic E-state index is -5.27. The van der Waals surface area contributed by atoms with E-state index in [2.05, 4.69) is 5.32 Å². The van der Waals surface area contributed by atoms with Crippen molar-refractivity contribution in [3.05, 3.63) is 22.3 Å². The summed E-state index contributed by atoms with van der Waals surface area (Å²) in [6.07, 6.45) is 0. The minimum absolute atomic E-state index is 0.134. The molecule has 0 saturated carbocycles. The number of piperazine rings is 1. The van der Waals surface area contributed by atoms with Gasteiger partial charge in [-0.3, -0.25) is 0 Å². The summed E-state index contributed by atoms with van der Waals surface area (Å²) in [5, 5.41) is 12.5. The lowest BCUT2D eigenvalue weighted by Gasteiger charge is -2.35. The Bertz CT molecular complexity index is 611. The van der Waals surface area contributed by atoms with Gasteiger partial charge in [-0.25, -0.2) is 4.79 Å². The number of benzene rings is 1. The molecule has 4 nitrogen and oxygen atoms in total. The largest absolute Gasteiger partial charge is 0.510 e. The zero-order chi connectivity index (χ0) is 16.7. The van der Waals surface area contributed by atoms with E-state index in [0.717, 1.165) is 0 Å². The SMILES string of the molecule is Cc1c(C(=O)O)c(C)c([B-](F)(F)F)c(C)c1N1CCNCC1. The molecule has 0 atom stereocenters. The molecule has 8 heteroatoms. The Morgan fingerprint density at radius 3 is 2.09 bits per heavy atom. The fourth-order valence-corrected chi connectivity index (χ4v) is 3.40. The molecule has 2 rings (SSSR count). The molecule has 0 aliphatic carbocycles. The Balaban J connectivity index is 2.77. The van der Waals surface area contributed by atoms with Gasteiger partial charge in [0.15, 0.2) is 0 Å². The summed E-state index contributed by atoms with van der Waals surface area (Å²) in [4.78, 5) is 13.3. The van der Waals surface area contributed by atoms with Gasteiger partial charge < -0.3 is 28.3 Å². The molecule has 0 radical (unpaired) electrons. The standard InChI is InChI=1S/C14H19BF3N2O2/c1-8-11(14(21)22)9(2)13(20-6-4-19-5-7-20)10(3)12(8)15(16,17)18/h19H,4-7H2,1-3H3,(H,21,22)/q-1. The Hall–Kier alpha value is -1.70. The highest BCUT2D eigenvalue weighted by molar-refractivity contribution is 6.74. The molecule has 0 aromatic heterocycles. The molecule has 22 heavy (non-hydrogen) atoms. The van der Waals surface area contributed by atoms with E-state index < -0.39 is 18.4 Å². The molecule has 1 fully saturated rings. The summed E-state index contributed by atoms with van der Waals surface area (Å²) >= 11 is 0. The lowest BCUT2D eigenvalue weighted by molar-refractivity contribution is 0.0695. The molecule has 122 valence electrons. The van der Waals surface area contributed by atoms with Crippen LogP contribution in [-0.2, 0) is 0 Å². The summed E-state index contributed by atoms with van der Waals surface area (Å²) < 4.78 is 40.4. The van der Waals surface area contributed by atoms with Crippen LogP contribution in [0.5, 0.6) is 0 Å². The summed E-state index contributed by atoms with van der Waals surface area (Å²) in [5.74, 6) is -1.31. The zero-order valence-electron chi connectivity index (χ0n) is 12.8. The summed E-state index contributed by atoms with van der Waals surface area (Å²) in [6.45, 7) is 1.47. The molecule has 0 spiro atoms. The van der Waals surface area contributed by atoms with Crippen LogP contribution < -0.4 is 15.7 Å². The summed E-state index contributed by atoms with van der Waals surface area (Å²) in [5.41, 5.74) is -0.222. The van der Waals surface area contributed by atoms with E-state index >= 15 is 0 Å². The first-order valence-electron chi connectivity index (χ1n) is 7.18. The third-order valence-corrected chi connectivity index (χ3v) is 4.24. The lowest BCUT2D eigenvalue weighted by atomic mass is 9.71. The number of carbonyl (C=O) groups is 1. The van der Waals surface area contributed by atoms with Gasteiger partial charge in [0.05, 0.1) is 5.56 Å². The van der Waals surface area contributed by atoms with Crippen molar-refractivity contribution in [2.75, 3.05) is 31.1 Å². The maximum atomic E-state index is 13.5. The van der Waals surface area contributed by atoms with E-state index in [4.69, 9.17) is 0 Å². The van der Waals surface area contributed by atoms with Crippen molar-refractivity contribution in [1.29, 1.82) is 0 Å². The number of hydrogen-bond acceptors (Lipinski definition) is 3. The molecule has 1 saturated heterocycles. The number of aromatic carboxylic acids is 1. The topological polar surface area (TPSA) is 52.6 Å². The lowest BCUT2D eigenvalue weighted by Crippen LogP contribution is -2.46. The molecule has 1 aliphatic heterocycles. The number of carboxylic acids is 1. The summed E-state index contributed by atoms with van der Waals surface area (Å²) in [7, 11) is 0. The predicted molar refractivity (Wildman–Crippen MR) is 81.4 cm³/mol. The molecular weight excluding hydrogens is 296 g/mol. The van der Waals surface area contributed by atoms with E-state index in [1.165, 1.54) is 13.8 Å². The average molecular weight is 315 g/mol. The molecule has 1 aliphatic rings. The molecule has 1 aromatic carbocycles. The quantitative estimate of drug-likeness (QED) is 0.835. The highest BCUT2D eigenvalue weighted by Gasteiger charge is 2.34. The Morgan fingerprint density at radius 2 is 1.64 bits per heavy atom. The van der Waals surface area contributed by atoms with E-state index in [-0.39, 0.29) is 16.7 Å². The molecule has 2 N–H and O–H groups in total. The van der Waals surface area contributed by atoms with Crippen LogP contribution in [0.3, 0.4) is 0 Å². The average Bonchev–Trinajstić information content (AvgIpc) is 2.37. The number of nitrogens with zero attached hydrogens (tertiary/aromatic N) is 1. The molecule has 0 bridgehead atoms. The number of halogens is 3. The number of carboxylic acid groups (broad SMARTS) is 1. The Kier molecular flexibility index (Phi) is 4.42. The first-order chi connectivity index (χ1) is 10.2. The first kappa shape index (κ1) is 16.7.